The van der Waals surface area contributed by atoms with Crippen LogP contribution in [0.2, 0.25) is 0 Å². The van der Waals surface area contributed by atoms with Gasteiger partial charge < -0.3 is 9.47 Å². The second-order valence-electron chi connectivity index (χ2n) is 10.1. The van der Waals surface area contributed by atoms with Gasteiger partial charge in [0.05, 0.1) is 12.0 Å². The molecule has 7 atom stereocenters. The van der Waals surface area contributed by atoms with Crippen molar-refractivity contribution in [3.8, 4) is 0 Å². The highest BCUT2D eigenvalue weighted by atomic mass is 16.7. The molecule has 7 unspecified atom stereocenters. The first-order valence-corrected chi connectivity index (χ1v) is 10.5. The molecule has 0 aromatic rings. The third-order valence-electron chi connectivity index (χ3n) is 7.06. The van der Waals surface area contributed by atoms with Gasteiger partial charge >= 0.3 is 5.97 Å². The van der Waals surface area contributed by atoms with Gasteiger partial charge in [0.1, 0.15) is 5.78 Å². The minimum atomic E-state index is -0.153. The first kappa shape index (κ1) is 19.9. The van der Waals surface area contributed by atoms with Crippen LogP contribution in [0.5, 0.6) is 0 Å². The average Bonchev–Trinajstić information content (AvgIpc) is 2.96. The molecule has 4 heteroatoms. The van der Waals surface area contributed by atoms with E-state index in [0.717, 1.165) is 44.4 Å². The molecule has 4 fully saturated rings. The summed E-state index contributed by atoms with van der Waals surface area (Å²) in [6.07, 6.45) is 6.25. The molecule has 4 bridgehead atoms. The maximum Gasteiger partial charge on any atom is 0.311 e. The molecule has 0 N–H and O–H groups in total. The van der Waals surface area contributed by atoms with E-state index in [1.165, 1.54) is 0 Å². The Bertz CT molecular complexity index is 535. The molecule has 4 aliphatic carbocycles. The Morgan fingerprint density at radius 1 is 1.19 bits per heavy atom. The Labute approximate surface area is 158 Å². The zero-order valence-electron chi connectivity index (χ0n) is 17.1. The smallest absolute Gasteiger partial charge is 0.311 e. The summed E-state index contributed by atoms with van der Waals surface area (Å²) < 4.78 is 11.5. The summed E-state index contributed by atoms with van der Waals surface area (Å²) in [7, 11) is 0. The van der Waals surface area contributed by atoms with Crippen LogP contribution >= 0.6 is 0 Å². The van der Waals surface area contributed by atoms with E-state index < -0.39 is 0 Å². The topological polar surface area (TPSA) is 52.6 Å². The van der Waals surface area contributed by atoms with Gasteiger partial charge in [-0.2, -0.15) is 0 Å². The van der Waals surface area contributed by atoms with Gasteiger partial charge in [-0.05, 0) is 48.9 Å². The van der Waals surface area contributed by atoms with Gasteiger partial charge in [0.2, 0.25) is 0 Å². The first-order chi connectivity index (χ1) is 12.2. The molecule has 0 aromatic carbocycles. The van der Waals surface area contributed by atoms with E-state index in [9.17, 15) is 9.59 Å². The van der Waals surface area contributed by atoms with Gasteiger partial charge in [0.15, 0.2) is 6.79 Å². The summed E-state index contributed by atoms with van der Waals surface area (Å²) in [5.74, 6) is 2.01. The molecule has 0 spiro atoms. The van der Waals surface area contributed by atoms with Crippen LogP contribution in [0.15, 0.2) is 0 Å². The van der Waals surface area contributed by atoms with Gasteiger partial charge in [0.25, 0.3) is 0 Å². The van der Waals surface area contributed by atoms with Crippen molar-refractivity contribution in [2.45, 2.75) is 79.2 Å². The molecular formula is C22H36O4. The van der Waals surface area contributed by atoms with E-state index in [0.29, 0.717) is 17.6 Å². The molecule has 0 aromatic heterocycles. The molecule has 4 rings (SSSR count). The minimum absolute atomic E-state index is 0.00406. The standard InChI is InChI=1S/C22H36O4/c1-6-7-13(2)8-18(22(3,4)5)21(24)26-12-25-20-16-10-14-9-15(16)19(23)17(20)11-14/h13-18,20H,6-12H2,1-5H3. The zero-order valence-corrected chi connectivity index (χ0v) is 17.1. The number of hydrogen-bond donors (Lipinski definition) is 0. The Morgan fingerprint density at radius 3 is 2.50 bits per heavy atom. The summed E-state index contributed by atoms with van der Waals surface area (Å²) >= 11 is 0. The second kappa shape index (κ2) is 7.61. The number of rotatable bonds is 8. The number of ether oxygens (including phenoxy) is 2. The molecule has 0 amide bonds. The summed E-state index contributed by atoms with van der Waals surface area (Å²) in [5.41, 5.74) is -0.125. The van der Waals surface area contributed by atoms with Crippen LogP contribution in [-0.4, -0.2) is 24.6 Å². The summed E-state index contributed by atoms with van der Waals surface area (Å²) in [6.45, 7) is 10.7. The van der Waals surface area contributed by atoms with E-state index in [4.69, 9.17) is 9.47 Å². The second-order valence-corrected chi connectivity index (χ2v) is 10.1. The van der Waals surface area contributed by atoms with Gasteiger partial charge in [-0.25, -0.2) is 0 Å². The first-order valence-electron chi connectivity index (χ1n) is 10.5. The van der Waals surface area contributed by atoms with Crippen molar-refractivity contribution in [1.29, 1.82) is 0 Å². The normalized spacial score (nSPS) is 35.0. The molecule has 4 saturated carbocycles. The van der Waals surface area contributed by atoms with Crippen LogP contribution in [-0.2, 0) is 19.1 Å². The van der Waals surface area contributed by atoms with Crippen molar-refractivity contribution in [1.82, 2.24) is 0 Å². The number of hydrogen-bond acceptors (Lipinski definition) is 4. The third kappa shape index (κ3) is 3.85. The molecule has 4 nitrogen and oxygen atoms in total. The van der Waals surface area contributed by atoms with Crippen LogP contribution in [0.3, 0.4) is 0 Å². The van der Waals surface area contributed by atoms with Crippen molar-refractivity contribution in [3.05, 3.63) is 0 Å². The Morgan fingerprint density at radius 2 is 1.88 bits per heavy atom. The van der Waals surface area contributed by atoms with Crippen molar-refractivity contribution in [3.63, 3.8) is 0 Å². The average molecular weight is 365 g/mol. The molecule has 0 saturated heterocycles. The summed E-state index contributed by atoms with van der Waals surface area (Å²) in [6, 6.07) is 0. The number of ketones is 1. The molecular weight excluding hydrogens is 328 g/mol. The molecule has 0 radical (unpaired) electrons. The van der Waals surface area contributed by atoms with Gasteiger partial charge in [-0.3, -0.25) is 9.59 Å². The van der Waals surface area contributed by atoms with Crippen LogP contribution in [0.25, 0.3) is 0 Å². The number of esters is 1. The predicted molar refractivity (Wildman–Crippen MR) is 100 cm³/mol. The molecule has 0 heterocycles. The fourth-order valence-corrected chi connectivity index (χ4v) is 5.73. The van der Waals surface area contributed by atoms with Crippen LogP contribution in [0.1, 0.15) is 73.1 Å². The fraction of sp³-hybridized carbons (Fsp3) is 0.909. The number of carbonyl (C=O) groups is 2. The molecule has 26 heavy (non-hydrogen) atoms. The van der Waals surface area contributed by atoms with E-state index in [2.05, 4.69) is 34.6 Å². The largest absolute Gasteiger partial charge is 0.438 e. The third-order valence-corrected chi connectivity index (χ3v) is 7.06. The molecule has 148 valence electrons. The lowest BCUT2D eigenvalue weighted by atomic mass is 9.75. The van der Waals surface area contributed by atoms with Crippen LogP contribution < -0.4 is 0 Å². The lowest BCUT2D eigenvalue weighted by Gasteiger charge is -2.32. The van der Waals surface area contributed by atoms with E-state index in [1.54, 1.807) is 0 Å². The maximum atomic E-state index is 12.7. The number of carbonyl (C=O) groups excluding carboxylic acids is 2. The molecule has 0 aliphatic heterocycles. The summed E-state index contributed by atoms with van der Waals surface area (Å²) in [4.78, 5) is 25.1. The highest BCUT2D eigenvalue weighted by molar-refractivity contribution is 5.88. The van der Waals surface area contributed by atoms with Crippen LogP contribution in [0, 0.1) is 40.9 Å². The quantitative estimate of drug-likeness (QED) is 0.466. The van der Waals surface area contributed by atoms with E-state index in [1.807, 2.05) is 0 Å². The predicted octanol–water partition coefficient (Wildman–Crippen LogP) is 4.61. The van der Waals surface area contributed by atoms with E-state index >= 15 is 0 Å². The van der Waals surface area contributed by atoms with Crippen molar-refractivity contribution < 1.29 is 19.1 Å². The number of Topliss-reactive ketones (excluding diaryl/α,β-unsaturated/α-hetero) is 1. The van der Waals surface area contributed by atoms with Crippen molar-refractivity contribution in [2.24, 2.45) is 40.9 Å². The van der Waals surface area contributed by atoms with Gasteiger partial charge in [0, 0.05) is 11.8 Å². The minimum Gasteiger partial charge on any atom is -0.438 e. The highest BCUT2D eigenvalue weighted by Crippen LogP contribution is 2.57. The SMILES string of the molecule is CCCC(C)CC(C(=O)OCOC1C2CC3CC(C2=O)C1C3)C(C)(C)C. The summed E-state index contributed by atoms with van der Waals surface area (Å²) in [5, 5.41) is 0. The highest BCUT2D eigenvalue weighted by Gasteiger charge is 2.59. The molecule has 4 aliphatic rings. The lowest BCUT2D eigenvalue weighted by Crippen LogP contribution is -2.36. The van der Waals surface area contributed by atoms with Crippen molar-refractivity contribution in [2.75, 3.05) is 6.79 Å². The van der Waals surface area contributed by atoms with Crippen molar-refractivity contribution >= 4 is 11.8 Å². The zero-order chi connectivity index (χ0) is 19.1. The van der Waals surface area contributed by atoms with Gasteiger partial charge in [-0.1, -0.05) is 47.5 Å². The Balaban J connectivity index is 1.51. The Kier molecular flexibility index (Phi) is 5.81. The Hall–Kier alpha value is -0.900. The maximum absolute atomic E-state index is 12.7. The monoisotopic (exact) mass is 364 g/mol. The lowest BCUT2D eigenvalue weighted by molar-refractivity contribution is -0.175. The van der Waals surface area contributed by atoms with Crippen LogP contribution in [0.4, 0.5) is 0 Å². The van der Waals surface area contributed by atoms with Gasteiger partial charge in [-0.15, -0.1) is 0 Å². The fourth-order valence-electron chi connectivity index (χ4n) is 5.73. The van der Waals surface area contributed by atoms with E-state index in [-0.39, 0.29) is 42.0 Å².